The van der Waals surface area contributed by atoms with Crippen LogP contribution < -0.4 is 5.32 Å². The fourth-order valence-electron chi connectivity index (χ4n) is 2.42. The van der Waals surface area contributed by atoms with Crippen LogP contribution >= 0.6 is 11.3 Å². The average molecular weight is 337 g/mol. The van der Waals surface area contributed by atoms with E-state index in [1.165, 1.54) is 5.56 Å². The number of aromatic nitrogens is 2. The molecule has 1 aromatic carbocycles. The van der Waals surface area contributed by atoms with Crippen molar-refractivity contribution in [3.8, 4) is 10.6 Å². The summed E-state index contributed by atoms with van der Waals surface area (Å²) in [7, 11) is 0. The molecule has 0 atom stereocenters. The van der Waals surface area contributed by atoms with Crippen molar-refractivity contribution in [1.29, 1.82) is 0 Å². The summed E-state index contributed by atoms with van der Waals surface area (Å²) in [6.07, 6.45) is 3.89. The zero-order valence-corrected chi connectivity index (χ0v) is 14.6. The van der Waals surface area contributed by atoms with Crippen molar-refractivity contribution >= 4 is 17.2 Å². The van der Waals surface area contributed by atoms with E-state index in [4.69, 9.17) is 0 Å². The maximum absolute atomic E-state index is 12.3. The van der Waals surface area contributed by atoms with Gasteiger partial charge in [0.1, 0.15) is 5.01 Å². The van der Waals surface area contributed by atoms with Gasteiger partial charge in [-0.15, -0.1) is 11.3 Å². The molecule has 2 heterocycles. The van der Waals surface area contributed by atoms with Gasteiger partial charge in [-0.25, -0.2) is 4.98 Å². The van der Waals surface area contributed by atoms with Gasteiger partial charge in [0, 0.05) is 29.4 Å². The molecule has 0 fully saturated rings. The van der Waals surface area contributed by atoms with Crippen molar-refractivity contribution in [3.05, 3.63) is 70.5 Å². The lowest BCUT2D eigenvalue weighted by atomic mass is 10.1. The molecule has 3 rings (SSSR count). The largest absolute Gasteiger partial charge is 0.352 e. The van der Waals surface area contributed by atoms with Crippen molar-refractivity contribution in [2.75, 3.05) is 0 Å². The molecule has 0 saturated heterocycles. The summed E-state index contributed by atoms with van der Waals surface area (Å²) in [4.78, 5) is 21.9. The number of carbonyl (C=O) groups excluding carboxylic acids is 1. The van der Waals surface area contributed by atoms with Crippen LogP contribution in [0, 0.1) is 13.8 Å². The van der Waals surface area contributed by atoms with Gasteiger partial charge >= 0.3 is 0 Å². The number of pyridine rings is 1. The van der Waals surface area contributed by atoms with Crippen molar-refractivity contribution < 1.29 is 4.79 Å². The van der Waals surface area contributed by atoms with Gasteiger partial charge in [0.05, 0.1) is 12.1 Å². The Balaban J connectivity index is 1.65. The lowest BCUT2D eigenvalue weighted by Crippen LogP contribution is -2.24. The van der Waals surface area contributed by atoms with Gasteiger partial charge in [0.25, 0.3) is 0 Å². The normalized spacial score (nSPS) is 10.6. The maximum atomic E-state index is 12.3. The number of amides is 1. The highest BCUT2D eigenvalue weighted by Crippen LogP contribution is 2.27. The van der Waals surface area contributed by atoms with Gasteiger partial charge in [-0.2, -0.15) is 0 Å². The third-order valence-electron chi connectivity index (χ3n) is 3.86. The predicted octanol–water partition coefficient (Wildman–Crippen LogP) is 3.68. The molecule has 1 N–H and O–H groups in total. The van der Waals surface area contributed by atoms with E-state index < -0.39 is 0 Å². The summed E-state index contributed by atoms with van der Waals surface area (Å²) in [6, 6.07) is 11.9. The Morgan fingerprint density at radius 3 is 2.75 bits per heavy atom. The van der Waals surface area contributed by atoms with E-state index in [-0.39, 0.29) is 5.91 Å². The van der Waals surface area contributed by atoms with E-state index in [2.05, 4.69) is 28.3 Å². The van der Waals surface area contributed by atoms with E-state index in [0.29, 0.717) is 13.0 Å². The first-order chi connectivity index (χ1) is 11.6. The van der Waals surface area contributed by atoms with E-state index in [9.17, 15) is 4.79 Å². The second kappa shape index (κ2) is 7.36. The highest BCUT2D eigenvalue weighted by atomic mass is 32.1. The molecule has 4 nitrogen and oxygen atoms in total. The Labute approximate surface area is 145 Å². The Kier molecular flexibility index (Phi) is 5.01. The van der Waals surface area contributed by atoms with Crippen LogP contribution in [0.1, 0.15) is 21.7 Å². The van der Waals surface area contributed by atoms with Crippen LogP contribution in [0.15, 0.2) is 48.8 Å². The van der Waals surface area contributed by atoms with Gasteiger partial charge in [-0.05, 0) is 37.1 Å². The fraction of sp³-hybridized carbons (Fsp3) is 0.211. The third-order valence-corrected chi connectivity index (χ3v) is 5.07. The number of aryl methyl sites for hydroxylation is 2. The van der Waals surface area contributed by atoms with Crippen molar-refractivity contribution in [2.24, 2.45) is 0 Å². The van der Waals surface area contributed by atoms with E-state index in [0.717, 1.165) is 26.7 Å². The van der Waals surface area contributed by atoms with E-state index in [1.807, 2.05) is 37.3 Å². The molecule has 0 spiro atoms. The maximum Gasteiger partial charge on any atom is 0.225 e. The summed E-state index contributed by atoms with van der Waals surface area (Å²) in [5, 5.41) is 3.90. The first-order valence-electron chi connectivity index (χ1n) is 7.81. The molecule has 24 heavy (non-hydrogen) atoms. The summed E-state index contributed by atoms with van der Waals surface area (Å²) in [6.45, 7) is 4.55. The van der Waals surface area contributed by atoms with Gasteiger partial charge in [-0.3, -0.25) is 9.78 Å². The third kappa shape index (κ3) is 3.86. The van der Waals surface area contributed by atoms with Crippen molar-refractivity contribution in [2.45, 2.75) is 26.8 Å². The Hall–Kier alpha value is -2.53. The van der Waals surface area contributed by atoms with Crippen LogP contribution in [0.5, 0.6) is 0 Å². The highest BCUT2D eigenvalue weighted by Gasteiger charge is 2.13. The average Bonchev–Trinajstić information content (AvgIpc) is 2.96. The lowest BCUT2D eigenvalue weighted by Gasteiger charge is -2.07. The minimum Gasteiger partial charge on any atom is -0.352 e. The predicted molar refractivity (Wildman–Crippen MR) is 96.8 cm³/mol. The summed E-state index contributed by atoms with van der Waals surface area (Å²) >= 11 is 1.55. The minimum atomic E-state index is 0.0164. The van der Waals surface area contributed by atoms with Crippen molar-refractivity contribution in [1.82, 2.24) is 15.3 Å². The molecule has 122 valence electrons. The van der Waals surface area contributed by atoms with Crippen LogP contribution in [0.25, 0.3) is 10.6 Å². The molecule has 1 amide bonds. The number of hydrogen-bond donors (Lipinski definition) is 1. The van der Waals surface area contributed by atoms with Crippen LogP contribution in [-0.4, -0.2) is 15.9 Å². The summed E-state index contributed by atoms with van der Waals surface area (Å²) in [5.41, 5.74) is 4.22. The molecule has 0 aliphatic heterocycles. The molecule has 2 aromatic heterocycles. The molecular formula is C19H19N3OS. The zero-order chi connectivity index (χ0) is 16.9. The molecule has 0 saturated carbocycles. The lowest BCUT2D eigenvalue weighted by molar-refractivity contribution is -0.120. The van der Waals surface area contributed by atoms with E-state index >= 15 is 0 Å². The SMILES string of the molecule is Cc1ccccc1CNC(=O)Cc1sc(-c2cccnc2)nc1C. The molecule has 0 unspecified atom stereocenters. The van der Waals surface area contributed by atoms with Gasteiger partial charge < -0.3 is 5.32 Å². The van der Waals surface area contributed by atoms with Gasteiger partial charge in [0.15, 0.2) is 0 Å². The molecular weight excluding hydrogens is 318 g/mol. The topological polar surface area (TPSA) is 54.9 Å². The monoisotopic (exact) mass is 337 g/mol. The summed E-state index contributed by atoms with van der Waals surface area (Å²) < 4.78 is 0. The first-order valence-corrected chi connectivity index (χ1v) is 8.63. The van der Waals surface area contributed by atoms with Crippen molar-refractivity contribution in [3.63, 3.8) is 0 Å². The molecule has 0 aliphatic carbocycles. The van der Waals surface area contributed by atoms with Gasteiger partial charge in [0.2, 0.25) is 5.91 Å². The Bertz CT molecular complexity index is 843. The molecule has 0 aliphatic rings. The number of nitrogens with one attached hydrogen (secondary N) is 1. The second-order valence-corrected chi connectivity index (χ2v) is 6.73. The zero-order valence-electron chi connectivity index (χ0n) is 13.7. The second-order valence-electron chi connectivity index (χ2n) is 5.65. The molecule has 3 aromatic rings. The minimum absolute atomic E-state index is 0.0164. The smallest absolute Gasteiger partial charge is 0.225 e. The number of rotatable bonds is 5. The Morgan fingerprint density at radius 2 is 2.00 bits per heavy atom. The van der Waals surface area contributed by atoms with Crippen LogP contribution in [0.3, 0.4) is 0 Å². The number of benzene rings is 1. The molecule has 0 bridgehead atoms. The first kappa shape index (κ1) is 16.3. The number of hydrogen-bond acceptors (Lipinski definition) is 4. The summed E-state index contributed by atoms with van der Waals surface area (Å²) in [5.74, 6) is 0.0164. The highest BCUT2D eigenvalue weighted by molar-refractivity contribution is 7.15. The van der Waals surface area contributed by atoms with Crippen LogP contribution in [0.2, 0.25) is 0 Å². The molecule has 0 radical (unpaired) electrons. The van der Waals surface area contributed by atoms with Crippen LogP contribution in [0.4, 0.5) is 0 Å². The molecule has 5 heteroatoms. The standard InChI is InChI=1S/C19H19N3OS/c1-13-6-3-4-7-15(13)12-21-18(23)10-17-14(2)22-19(24-17)16-8-5-9-20-11-16/h3-9,11H,10,12H2,1-2H3,(H,21,23). The Morgan fingerprint density at radius 1 is 1.17 bits per heavy atom. The fourth-order valence-corrected chi connectivity index (χ4v) is 3.47. The number of nitrogens with zero attached hydrogens (tertiary/aromatic N) is 2. The van der Waals surface area contributed by atoms with Gasteiger partial charge in [-0.1, -0.05) is 24.3 Å². The van der Waals surface area contributed by atoms with E-state index in [1.54, 1.807) is 23.7 Å². The number of thiazole rings is 1. The quantitative estimate of drug-likeness (QED) is 0.773. The number of carbonyl (C=O) groups is 1. The van der Waals surface area contributed by atoms with Crippen LogP contribution in [-0.2, 0) is 17.8 Å².